The molecule has 1 aromatic carbocycles. The third kappa shape index (κ3) is 2.71. The van der Waals surface area contributed by atoms with Crippen LogP contribution in [-0.4, -0.2) is 22.7 Å². The largest absolute Gasteiger partial charge is 0.280 e. The molecule has 1 aromatic rings. The molecule has 5 heteroatoms. The Kier molecular flexibility index (Phi) is 4.17. The van der Waals surface area contributed by atoms with Gasteiger partial charge in [-0.25, -0.2) is 0 Å². The number of hydrogen-bond donors (Lipinski definition) is 1. The number of rotatable bonds is 5. The lowest BCUT2D eigenvalue weighted by Gasteiger charge is -2.16. The molecule has 0 bridgehead atoms. The quantitative estimate of drug-likeness (QED) is 0.836. The Hall–Kier alpha value is -2.17. The van der Waals surface area contributed by atoms with E-state index in [4.69, 9.17) is 0 Å². The number of carbonyl (C=O) groups is 3. The third-order valence-corrected chi connectivity index (χ3v) is 3.35. The highest BCUT2D eigenvalue weighted by molar-refractivity contribution is 6.21. The van der Waals surface area contributed by atoms with Crippen molar-refractivity contribution in [3.63, 3.8) is 0 Å². The molecule has 1 aliphatic rings. The first-order chi connectivity index (χ1) is 9.54. The summed E-state index contributed by atoms with van der Waals surface area (Å²) in [6.07, 6.45) is 2.25. The smallest absolute Gasteiger partial charge is 0.273 e. The van der Waals surface area contributed by atoms with Crippen LogP contribution in [0.4, 0.5) is 0 Å². The van der Waals surface area contributed by atoms with Crippen molar-refractivity contribution in [1.29, 1.82) is 0 Å². The van der Waals surface area contributed by atoms with Crippen LogP contribution in [0.1, 0.15) is 53.8 Å². The molecule has 1 N–H and O–H groups in total. The molecular formula is C15H18N2O3. The van der Waals surface area contributed by atoms with Crippen LogP contribution in [0.3, 0.4) is 0 Å². The lowest BCUT2D eigenvalue weighted by Crippen LogP contribution is -2.46. The fraction of sp³-hybridized carbons (Fsp3) is 0.400. The molecule has 2 rings (SSSR count). The molecule has 0 aliphatic carbocycles. The predicted octanol–water partition coefficient (Wildman–Crippen LogP) is 2.14. The molecule has 0 saturated carbocycles. The molecule has 0 saturated heterocycles. The van der Waals surface area contributed by atoms with E-state index < -0.39 is 11.8 Å². The van der Waals surface area contributed by atoms with Gasteiger partial charge in [-0.3, -0.25) is 19.8 Å². The molecule has 5 nitrogen and oxygen atoms in total. The first kappa shape index (κ1) is 14.2. The van der Waals surface area contributed by atoms with E-state index in [1.807, 2.05) is 6.92 Å². The van der Waals surface area contributed by atoms with Crippen LogP contribution in [0, 0.1) is 5.92 Å². The number of hydrazine groups is 1. The maximum Gasteiger partial charge on any atom is 0.280 e. The second kappa shape index (κ2) is 5.86. The summed E-state index contributed by atoms with van der Waals surface area (Å²) in [7, 11) is 0. The van der Waals surface area contributed by atoms with Crippen molar-refractivity contribution in [2.24, 2.45) is 5.92 Å². The molecule has 20 heavy (non-hydrogen) atoms. The van der Waals surface area contributed by atoms with Crippen LogP contribution in [0.15, 0.2) is 24.3 Å². The van der Waals surface area contributed by atoms with E-state index in [0.29, 0.717) is 17.5 Å². The van der Waals surface area contributed by atoms with Gasteiger partial charge in [0.25, 0.3) is 11.8 Å². The zero-order valence-corrected chi connectivity index (χ0v) is 11.7. The number of amides is 3. The molecule has 3 amide bonds. The zero-order chi connectivity index (χ0) is 14.7. The monoisotopic (exact) mass is 274 g/mol. The van der Waals surface area contributed by atoms with E-state index in [2.05, 4.69) is 12.3 Å². The number of fused-ring (bicyclic) bond motifs is 1. The second-order valence-electron chi connectivity index (χ2n) is 5.12. The summed E-state index contributed by atoms with van der Waals surface area (Å²) in [6.45, 7) is 4.03. The molecule has 0 fully saturated rings. The number of imide groups is 1. The van der Waals surface area contributed by atoms with Crippen molar-refractivity contribution in [3.05, 3.63) is 35.4 Å². The average Bonchev–Trinajstić information content (AvgIpc) is 2.65. The number of hydrogen-bond acceptors (Lipinski definition) is 3. The minimum atomic E-state index is -0.470. The van der Waals surface area contributed by atoms with Gasteiger partial charge in [-0.15, -0.1) is 0 Å². The molecule has 0 radical (unpaired) electrons. The summed E-state index contributed by atoms with van der Waals surface area (Å²) >= 11 is 0. The van der Waals surface area contributed by atoms with Crippen molar-refractivity contribution in [3.8, 4) is 0 Å². The van der Waals surface area contributed by atoms with Crippen molar-refractivity contribution >= 4 is 17.7 Å². The standard InChI is InChI=1S/C15H18N2O3/c1-3-6-10(2)9-13(18)16-17-14(19)11-7-4-5-8-12(11)15(17)20/h4-5,7-8,10H,3,6,9H2,1-2H3,(H,16,18). The Morgan fingerprint density at radius 1 is 1.20 bits per heavy atom. The molecule has 106 valence electrons. The van der Waals surface area contributed by atoms with Crippen LogP contribution in [0.25, 0.3) is 0 Å². The highest BCUT2D eigenvalue weighted by atomic mass is 16.2. The van der Waals surface area contributed by atoms with Crippen LogP contribution >= 0.6 is 0 Å². The van der Waals surface area contributed by atoms with Crippen LogP contribution in [0.2, 0.25) is 0 Å². The SMILES string of the molecule is CCCC(C)CC(=O)NN1C(=O)c2ccccc2C1=O. The average molecular weight is 274 g/mol. The Balaban J connectivity index is 2.04. The lowest BCUT2D eigenvalue weighted by molar-refractivity contribution is -0.125. The molecule has 1 heterocycles. The van der Waals surface area contributed by atoms with Gasteiger partial charge in [-0.2, -0.15) is 5.01 Å². The Morgan fingerprint density at radius 2 is 1.75 bits per heavy atom. The molecule has 1 unspecified atom stereocenters. The minimum absolute atomic E-state index is 0.232. The van der Waals surface area contributed by atoms with Gasteiger partial charge in [0, 0.05) is 6.42 Å². The topological polar surface area (TPSA) is 66.5 Å². The number of benzene rings is 1. The number of carbonyl (C=O) groups excluding carboxylic acids is 3. The summed E-state index contributed by atoms with van der Waals surface area (Å²) in [4.78, 5) is 36.0. The van der Waals surface area contributed by atoms with E-state index in [0.717, 1.165) is 17.9 Å². The maximum absolute atomic E-state index is 12.0. The van der Waals surface area contributed by atoms with Crippen molar-refractivity contribution in [2.75, 3.05) is 0 Å². The predicted molar refractivity (Wildman–Crippen MR) is 73.8 cm³/mol. The molecule has 1 atom stereocenters. The highest BCUT2D eigenvalue weighted by Crippen LogP contribution is 2.21. The fourth-order valence-electron chi connectivity index (χ4n) is 2.37. The van der Waals surface area contributed by atoms with Gasteiger partial charge in [0.05, 0.1) is 11.1 Å². The van der Waals surface area contributed by atoms with Crippen molar-refractivity contribution < 1.29 is 14.4 Å². The van der Waals surface area contributed by atoms with Crippen LogP contribution < -0.4 is 5.43 Å². The molecular weight excluding hydrogens is 256 g/mol. The minimum Gasteiger partial charge on any atom is -0.273 e. The van der Waals surface area contributed by atoms with Gasteiger partial charge in [0.2, 0.25) is 5.91 Å². The Morgan fingerprint density at radius 3 is 2.25 bits per heavy atom. The summed E-state index contributed by atoms with van der Waals surface area (Å²) in [5.41, 5.74) is 3.08. The van der Waals surface area contributed by atoms with E-state index in [9.17, 15) is 14.4 Å². The van der Waals surface area contributed by atoms with Gasteiger partial charge in [0.15, 0.2) is 0 Å². The molecule has 1 aliphatic heterocycles. The first-order valence-electron chi connectivity index (χ1n) is 6.82. The Labute approximate surface area is 117 Å². The number of nitrogens with one attached hydrogen (secondary N) is 1. The summed E-state index contributed by atoms with van der Waals surface area (Å²) in [6, 6.07) is 6.56. The van der Waals surface area contributed by atoms with Crippen LogP contribution in [-0.2, 0) is 4.79 Å². The third-order valence-electron chi connectivity index (χ3n) is 3.35. The van der Waals surface area contributed by atoms with Gasteiger partial charge in [0.1, 0.15) is 0 Å². The Bertz CT molecular complexity index is 519. The molecule has 0 aromatic heterocycles. The van der Waals surface area contributed by atoms with E-state index in [1.54, 1.807) is 24.3 Å². The lowest BCUT2D eigenvalue weighted by atomic mass is 10.0. The van der Waals surface area contributed by atoms with E-state index >= 15 is 0 Å². The second-order valence-corrected chi connectivity index (χ2v) is 5.12. The summed E-state index contributed by atoms with van der Waals surface area (Å²) < 4.78 is 0. The van der Waals surface area contributed by atoms with E-state index in [-0.39, 0.29) is 11.8 Å². The van der Waals surface area contributed by atoms with E-state index in [1.165, 1.54) is 0 Å². The number of nitrogens with zero attached hydrogens (tertiary/aromatic N) is 1. The van der Waals surface area contributed by atoms with Crippen LogP contribution in [0.5, 0.6) is 0 Å². The first-order valence-corrected chi connectivity index (χ1v) is 6.82. The normalized spacial score (nSPS) is 15.2. The van der Waals surface area contributed by atoms with Gasteiger partial charge >= 0.3 is 0 Å². The summed E-state index contributed by atoms with van der Waals surface area (Å²) in [5, 5.41) is 0.811. The van der Waals surface area contributed by atoms with Crippen molar-refractivity contribution in [2.45, 2.75) is 33.1 Å². The highest BCUT2D eigenvalue weighted by Gasteiger charge is 2.36. The van der Waals surface area contributed by atoms with Gasteiger partial charge in [-0.05, 0) is 18.1 Å². The summed E-state index contributed by atoms with van der Waals surface area (Å²) in [5.74, 6) is -1.01. The fourth-order valence-corrected chi connectivity index (χ4v) is 2.37. The van der Waals surface area contributed by atoms with Crippen molar-refractivity contribution in [1.82, 2.24) is 10.4 Å². The van der Waals surface area contributed by atoms with Gasteiger partial charge in [-0.1, -0.05) is 38.8 Å². The zero-order valence-electron chi connectivity index (χ0n) is 11.7. The molecule has 0 spiro atoms. The maximum atomic E-state index is 12.0. The van der Waals surface area contributed by atoms with Gasteiger partial charge < -0.3 is 0 Å².